The van der Waals surface area contributed by atoms with Crippen LogP contribution in [0.2, 0.25) is 0 Å². The molecule has 0 bridgehead atoms. The van der Waals surface area contributed by atoms with Gasteiger partial charge in [-0.05, 0) is 11.9 Å². The summed E-state index contributed by atoms with van der Waals surface area (Å²) in [7, 11) is 0. The first-order valence-corrected chi connectivity index (χ1v) is 4.13. The molecule has 11 heavy (non-hydrogen) atoms. The van der Waals surface area contributed by atoms with Crippen LogP contribution in [0.15, 0.2) is 0 Å². The van der Waals surface area contributed by atoms with Gasteiger partial charge in [0.2, 0.25) is 0 Å². The molecule has 4 atom stereocenters. The summed E-state index contributed by atoms with van der Waals surface area (Å²) in [4.78, 5) is 0. The summed E-state index contributed by atoms with van der Waals surface area (Å²) < 4.78 is 4.97. The quantitative estimate of drug-likeness (QED) is 0.369. The Morgan fingerprint density at radius 3 is 2.27 bits per heavy atom. The average molecular weight is 181 g/mol. The molecule has 1 rings (SSSR count). The maximum Gasteiger partial charge on any atom is 0.145 e. The first-order chi connectivity index (χ1) is 5.20. The van der Waals surface area contributed by atoms with Crippen LogP contribution in [0.1, 0.15) is 0 Å². The maximum atomic E-state index is 9.17. The van der Waals surface area contributed by atoms with Crippen LogP contribution in [-0.4, -0.2) is 45.7 Å². The monoisotopic (exact) mass is 181 g/mol. The maximum absolute atomic E-state index is 9.17. The third kappa shape index (κ3) is 1.66. The van der Waals surface area contributed by atoms with Gasteiger partial charge in [0.15, 0.2) is 0 Å². The van der Waals surface area contributed by atoms with E-state index < -0.39 is 23.7 Å². The fourth-order valence-corrected chi connectivity index (χ4v) is 1.51. The summed E-state index contributed by atoms with van der Waals surface area (Å²) in [5.74, 6) is 0. The molecule has 0 radical (unpaired) electrons. The van der Waals surface area contributed by atoms with Crippen molar-refractivity contribution >= 4 is 11.9 Å². The molecule has 1 saturated heterocycles. The Hall–Kier alpha value is 0.150. The van der Waals surface area contributed by atoms with E-state index in [1.807, 2.05) is 0 Å². The van der Waals surface area contributed by atoms with Gasteiger partial charge in [-0.15, -0.1) is 0 Å². The van der Waals surface area contributed by atoms with Crippen molar-refractivity contribution in [3.63, 3.8) is 0 Å². The zero-order valence-electron chi connectivity index (χ0n) is 5.75. The number of hydrogen-bond acceptors (Lipinski definition) is 6. The second-order valence-electron chi connectivity index (χ2n) is 2.34. The second-order valence-corrected chi connectivity index (χ2v) is 3.08. The summed E-state index contributed by atoms with van der Waals surface area (Å²) in [6.07, 6.45) is -2.77. The van der Waals surface area contributed by atoms with Crippen molar-refractivity contribution in [1.29, 1.82) is 0 Å². The van der Waals surface area contributed by atoms with Crippen LogP contribution < -0.4 is 5.14 Å². The van der Waals surface area contributed by atoms with Crippen molar-refractivity contribution < 1.29 is 20.1 Å². The highest BCUT2D eigenvalue weighted by molar-refractivity contribution is 7.97. The highest BCUT2D eigenvalue weighted by Crippen LogP contribution is 2.25. The van der Waals surface area contributed by atoms with E-state index in [1.54, 1.807) is 0 Å². The summed E-state index contributed by atoms with van der Waals surface area (Å²) in [5.41, 5.74) is -0.637. The molecule has 0 saturated carbocycles. The van der Waals surface area contributed by atoms with Gasteiger partial charge in [0.1, 0.15) is 23.7 Å². The largest absolute Gasteiger partial charge is 0.394 e. The van der Waals surface area contributed by atoms with Gasteiger partial charge >= 0.3 is 0 Å². The van der Waals surface area contributed by atoms with Crippen LogP contribution >= 0.6 is 11.9 Å². The standard InChI is InChI=1S/C5H11NO4S/c6-11-5-4(9)3(8)2(1-7)10-5/h2-5,7-9H,1,6H2/t2-,3-,4+,5?/m1/s1. The number of nitrogens with two attached hydrogens (primary N) is 1. The average Bonchev–Trinajstić information content (AvgIpc) is 2.30. The van der Waals surface area contributed by atoms with Gasteiger partial charge in [-0.3, -0.25) is 5.14 Å². The Labute approximate surface area is 68.3 Å². The van der Waals surface area contributed by atoms with E-state index in [0.717, 1.165) is 11.9 Å². The third-order valence-electron chi connectivity index (χ3n) is 1.63. The molecule has 1 heterocycles. The molecule has 66 valence electrons. The summed E-state index contributed by atoms with van der Waals surface area (Å²) in [5, 5.41) is 32.1. The van der Waals surface area contributed by atoms with Crippen LogP contribution in [0.5, 0.6) is 0 Å². The Bertz CT molecular complexity index is 118. The Balaban J connectivity index is 2.53. The Morgan fingerprint density at radius 2 is 2.00 bits per heavy atom. The molecular weight excluding hydrogens is 170 g/mol. The van der Waals surface area contributed by atoms with Gasteiger partial charge in [0.25, 0.3) is 0 Å². The SMILES string of the molecule is NSC1O[C@H](CO)[C@@H](O)[C@@H]1O. The van der Waals surface area contributed by atoms with Crippen molar-refractivity contribution in [2.24, 2.45) is 5.14 Å². The van der Waals surface area contributed by atoms with Crippen LogP contribution in [0.4, 0.5) is 0 Å². The minimum absolute atomic E-state index is 0.310. The van der Waals surface area contributed by atoms with E-state index >= 15 is 0 Å². The molecule has 5 N–H and O–H groups in total. The number of aliphatic hydroxyl groups excluding tert-OH is 3. The molecule has 0 aromatic rings. The molecule has 0 aliphatic carbocycles. The third-order valence-corrected chi connectivity index (χ3v) is 2.29. The second kappa shape index (κ2) is 3.70. The van der Waals surface area contributed by atoms with Gasteiger partial charge in [-0.25, -0.2) is 0 Å². The van der Waals surface area contributed by atoms with Crippen LogP contribution in [-0.2, 0) is 4.74 Å². The molecule has 1 aliphatic rings. The fourth-order valence-electron chi connectivity index (χ4n) is 0.978. The smallest absolute Gasteiger partial charge is 0.145 e. The van der Waals surface area contributed by atoms with Crippen molar-refractivity contribution in [3.8, 4) is 0 Å². The molecule has 0 spiro atoms. The van der Waals surface area contributed by atoms with E-state index in [0.29, 0.717) is 0 Å². The van der Waals surface area contributed by atoms with E-state index in [9.17, 15) is 5.11 Å². The Kier molecular flexibility index (Phi) is 3.11. The van der Waals surface area contributed by atoms with Crippen LogP contribution in [0.3, 0.4) is 0 Å². The van der Waals surface area contributed by atoms with Gasteiger partial charge in [0, 0.05) is 0 Å². The number of aliphatic hydroxyl groups is 3. The first-order valence-electron chi connectivity index (χ1n) is 3.18. The summed E-state index contributed by atoms with van der Waals surface area (Å²) in [6, 6.07) is 0. The molecule has 1 aliphatic heterocycles. The van der Waals surface area contributed by atoms with E-state index in [2.05, 4.69) is 0 Å². The molecular formula is C5H11NO4S. The van der Waals surface area contributed by atoms with Gasteiger partial charge in [-0.2, -0.15) is 0 Å². The van der Waals surface area contributed by atoms with Gasteiger partial charge in [0.05, 0.1) is 6.61 Å². The summed E-state index contributed by atoms with van der Waals surface area (Å²) in [6.45, 7) is -0.310. The lowest BCUT2D eigenvalue weighted by molar-refractivity contribution is -0.00808. The Morgan fingerprint density at radius 1 is 1.36 bits per heavy atom. The summed E-state index contributed by atoms with van der Waals surface area (Å²) >= 11 is 0.820. The number of ether oxygens (including phenoxy) is 1. The zero-order chi connectivity index (χ0) is 8.43. The lowest BCUT2D eigenvalue weighted by atomic mass is 10.2. The topological polar surface area (TPSA) is 95.9 Å². The van der Waals surface area contributed by atoms with E-state index in [1.165, 1.54) is 0 Å². The lowest BCUT2D eigenvalue weighted by Gasteiger charge is -2.10. The minimum atomic E-state index is -1.04. The number of rotatable bonds is 2. The predicted octanol–water partition coefficient (Wildman–Crippen LogP) is -1.97. The van der Waals surface area contributed by atoms with Crippen molar-refractivity contribution in [2.75, 3.05) is 6.61 Å². The molecule has 0 amide bonds. The molecule has 1 fully saturated rings. The van der Waals surface area contributed by atoms with Crippen molar-refractivity contribution in [3.05, 3.63) is 0 Å². The van der Waals surface area contributed by atoms with E-state index in [-0.39, 0.29) is 6.61 Å². The van der Waals surface area contributed by atoms with Gasteiger partial charge < -0.3 is 20.1 Å². The zero-order valence-corrected chi connectivity index (χ0v) is 6.57. The van der Waals surface area contributed by atoms with Gasteiger partial charge in [-0.1, -0.05) is 0 Å². The van der Waals surface area contributed by atoms with Crippen molar-refractivity contribution in [2.45, 2.75) is 23.7 Å². The lowest BCUT2D eigenvalue weighted by Crippen LogP contribution is -2.33. The fraction of sp³-hybridized carbons (Fsp3) is 1.00. The van der Waals surface area contributed by atoms with Crippen LogP contribution in [0.25, 0.3) is 0 Å². The first kappa shape index (κ1) is 9.24. The minimum Gasteiger partial charge on any atom is -0.394 e. The molecule has 1 unspecified atom stereocenters. The van der Waals surface area contributed by atoms with E-state index in [4.69, 9.17) is 20.1 Å². The normalized spacial score (nSPS) is 44.7. The van der Waals surface area contributed by atoms with Crippen molar-refractivity contribution in [1.82, 2.24) is 0 Å². The molecule has 0 aromatic carbocycles. The molecule has 5 nitrogen and oxygen atoms in total. The highest BCUT2D eigenvalue weighted by atomic mass is 32.2. The van der Waals surface area contributed by atoms with Crippen LogP contribution in [0, 0.1) is 0 Å². The number of hydrogen-bond donors (Lipinski definition) is 4. The molecule has 0 aromatic heterocycles. The highest BCUT2D eigenvalue weighted by Gasteiger charge is 2.42. The predicted molar refractivity (Wildman–Crippen MR) is 39.5 cm³/mol. The molecule has 6 heteroatoms.